The fourth-order valence-corrected chi connectivity index (χ4v) is 1.78. The van der Waals surface area contributed by atoms with E-state index in [0.29, 0.717) is 6.04 Å². The van der Waals surface area contributed by atoms with Crippen LogP contribution in [-0.2, 0) is 6.54 Å². The van der Waals surface area contributed by atoms with Crippen LogP contribution in [0.15, 0.2) is 21.8 Å². The summed E-state index contributed by atoms with van der Waals surface area (Å²) < 4.78 is 0. The third-order valence-corrected chi connectivity index (χ3v) is 2.56. The van der Waals surface area contributed by atoms with E-state index in [4.69, 9.17) is 0 Å². The molecule has 1 rings (SSSR count). The van der Waals surface area contributed by atoms with Gasteiger partial charge in [0, 0.05) is 20.1 Å². The van der Waals surface area contributed by atoms with Gasteiger partial charge in [-0.2, -0.15) is 11.3 Å². The first-order valence-corrected chi connectivity index (χ1v) is 6.03. The van der Waals surface area contributed by atoms with Gasteiger partial charge in [-0.25, -0.2) is 4.99 Å². The smallest absolute Gasteiger partial charge is 0.193 e. The minimum Gasteiger partial charge on any atom is -0.354 e. The summed E-state index contributed by atoms with van der Waals surface area (Å²) in [6.07, 6.45) is 0. The summed E-state index contributed by atoms with van der Waals surface area (Å²) in [5.74, 6) is 0.941. The zero-order valence-corrected chi connectivity index (χ0v) is 10.6. The van der Waals surface area contributed by atoms with Crippen LogP contribution in [-0.4, -0.2) is 31.0 Å². The molecule has 0 spiro atoms. The maximum atomic E-state index is 4.54. The Balaban J connectivity index is 2.59. The monoisotopic (exact) mass is 225 g/mol. The van der Waals surface area contributed by atoms with Crippen LogP contribution in [0.4, 0.5) is 0 Å². The lowest BCUT2D eigenvalue weighted by Gasteiger charge is -2.19. The SMILES string of the molecule is CC(C)NC(=NCc1ccsc1)N(C)C. The first-order chi connectivity index (χ1) is 7.09. The molecule has 0 aliphatic rings. The maximum Gasteiger partial charge on any atom is 0.193 e. The molecule has 0 bridgehead atoms. The van der Waals surface area contributed by atoms with E-state index in [0.717, 1.165) is 12.5 Å². The number of nitrogens with one attached hydrogen (secondary N) is 1. The van der Waals surface area contributed by atoms with Crippen LogP contribution >= 0.6 is 11.3 Å². The molecular formula is C11H19N3S. The first kappa shape index (κ1) is 12.0. The number of nitrogens with zero attached hydrogens (tertiary/aromatic N) is 2. The van der Waals surface area contributed by atoms with Crippen LogP contribution in [0.2, 0.25) is 0 Å². The Kier molecular flexibility index (Phi) is 4.62. The summed E-state index contributed by atoms with van der Waals surface area (Å²) in [5, 5.41) is 7.53. The molecule has 0 aliphatic heterocycles. The van der Waals surface area contributed by atoms with E-state index in [1.807, 2.05) is 19.0 Å². The summed E-state index contributed by atoms with van der Waals surface area (Å²) in [6, 6.07) is 2.52. The van der Waals surface area contributed by atoms with Gasteiger partial charge in [-0.1, -0.05) is 0 Å². The molecule has 3 nitrogen and oxygen atoms in total. The highest BCUT2D eigenvalue weighted by Crippen LogP contribution is 2.07. The highest BCUT2D eigenvalue weighted by molar-refractivity contribution is 7.07. The molecule has 0 saturated carbocycles. The lowest BCUT2D eigenvalue weighted by Crippen LogP contribution is -2.40. The summed E-state index contributed by atoms with van der Waals surface area (Å²) in [5.41, 5.74) is 1.27. The van der Waals surface area contributed by atoms with Crippen LogP contribution in [0.3, 0.4) is 0 Å². The van der Waals surface area contributed by atoms with Crippen LogP contribution < -0.4 is 5.32 Å². The predicted molar refractivity (Wildman–Crippen MR) is 67.4 cm³/mol. The first-order valence-electron chi connectivity index (χ1n) is 5.09. The van der Waals surface area contributed by atoms with E-state index in [2.05, 4.69) is 41.0 Å². The quantitative estimate of drug-likeness (QED) is 0.630. The lowest BCUT2D eigenvalue weighted by molar-refractivity contribution is 0.558. The molecule has 0 atom stereocenters. The van der Waals surface area contributed by atoms with Crippen molar-refractivity contribution in [3.05, 3.63) is 22.4 Å². The second-order valence-electron chi connectivity index (χ2n) is 3.96. The molecule has 0 aliphatic carbocycles. The summed E-state index contributed by atoms with van der Waals surface area (Å²) in [7, 11) is 4.00. The van der Waals surface area contributed by atoms with Crippen molar-refractivity contribution in [2.45, 2.75) is 26.4 Å². The van der Waals surface area contributed by atoms with Gasteiger partial charge in [0.25, 0.3) is 0 Å². The Morgan fingerprint density at radius 1 is 1.53 bits per heavy atom. The van der Waals surface area contributed by atoms with Crippen molar-refractivity contribution in [1.29, 1.82) is 0 Å². The van der Waals surface area contributed by atoms with E-state index in [1.54, 1.807) is 11.3 Å². The molecule has 0 fully saturated rings. The van der Waals surface area contributed by atoms with Crippen molar-refractivity contribution >= 4 is 17.3 Å². The standard InChI is InChI=1S/C11H19N3S/c1-9(2)13-11(14(3)4)12-7-10-5-6-15-8-10/h5-6,8-9H,7H2,1-4H3,(H,12,13). The summed E-state index contributed by atoms with van der Waals surface area (Å²) >= 11 is 1.71. The number of hydrogen-bond donors (Lipinski definition) is 1. The van der Waals surface area contributed by atoms with Gasteiger partial charge in [0.1, 0.15) is 0 Å². The van der Waals surface area contributed by atoms with Gasteiger partial charge in [-0.05, 0) is 36.2 Å². The van der Waals surface area contributed by atoms with Crippen molar-refractivity contribution in [2.75, 3.05) is 14.1 Å². The molecule has 0 aromatic carbocycles. The number of hydrogen-bond acceptors (Lipinski definition) is 2. The Morgan fingerprint density at radius 3 is 2.73 bits per heavy atom. The molecule has 0 unspecified atom stereocenters. The zero-order chi connectivity index (χ0) is 11.3. The number of aliphatic imine (C=N–C) groups is 1. The van der Waals surface area contributed by atoms with Crippen molar-refractivity contribution < 1.29 is 0 Å². The topological polar surface area (TPSA) is 27.6 Å². The number of thiophene rings is 1. The van der Waals surface area contributed by atoms with E-state index in [1.165, 1.54) is 5.56 Å². The molecule has 4 heteroatoms. The third kappa shape index (κ3) is 4.34. The highest BCUT2D eigenvalue weighted by Gasteiger charge is 2.02. The van der Waals surface area contributed by atoms with Gasteiger partial charge in [0.15, 0.2) is 5.96 Å². The van der Waals surface area contributed by atoms with Gasteiger partial charge in [0.2, 0.25) is 0 Å². The Morgan fingerprint density at radius 2 is 2.27 bits per heavy atom. The van der Waals surface area contributed by atoms with Gasteiger partial charge in [-0.3, -0.25) is 0 Å². The van der Waals surface area contributed by atoms with Crippen LogP contribution in [0.25, 0.3) is 0 Å². The van der Waals surface area contributed by atoms with Crippen molar-refractivity contribution in [1.82, 2.24) is 10.2 Å². The van der Waals surface area contributed by atoms with E-state index >= 15 is 0 Å². The molecule has 1 aromatic heterocycles. The molecule has 1 heterocycles. The normalized spacial score (nSPS) is 11.9. The molecule has 0 saturated heterocycles. The van der Waals surface area contributed by atoms with Crippen LogP contribution in [0.5, 0.6) is 0 Å². The minimum atomic E-state index is 0.411. The predicted octanol–water partition coefficient (Wildman–Crippen LogP) is 2.16. The molecule has 0 radical (unpaired) electrons. The average molecular weight is 225 g/mol. The molecule has 1 aromatic rings. The molecule has 0 amide bonds. The van der Waals surface area contributed by atoms with E-state index in [9.17, 15) is 0 Å². The second kappa shape index (κ2) is 5.75. The largest absolute Gasteiger partial charge is 0.354 e. The van der Waals surface area contributed by atoms with Gasteiger partial charge < -0.3 is 10.2 Å². The average Bonchev–Trinajstić information content (AvgIpc) is 2.63. The second-order valence-corrected chi connectivity index (χ2v) is 4.74. The van der Waals surface area contributed by atoms with Crippen LogP contribution in [0, 0.1) is 0 Å². The molecule has 84 valence electrons. The Hall–Kier alpha value is -1.03. The maximum absolute atomic E-state index is 4.54. The third-order valence-electron chi connectivity index (χ3n) is 1.83. The Bertz CT molecular complexity index is 302. The van der Waals surface area contributed by atoms with E-state index in [-0.39, 0.29) is 0 Å². The fraction of sp³-hybridized carbons (Fsp3) is 0.545. The summed E-state index contributed by atoms with van der Waals surface area (Å²) in [6.45, 7) is 4.98. The lowest BCUT2D eigenvalue weighted by atomic mass is 10.3. The number of rotatable bonds is 3. The molecular weight excluding hydrogens is 206 g/mol. The fourth-order valence-electron chi connectivity index (χ4n) is 1.12. The van der Waals surface area contributed by atoms with Crippen molar-refractivity contribution in [3.63, 3.8) is 0 Å². The van der Waals surface area contributed by atoms with E-state index < -0.39 is 0 Å². The zero-order valence-electron chi connectivity index (χ0n) is 9.82. The Labute approximate surface area is 95.8 Å². The van der Waals surface area contributed by atoms with Crippen molar-refractivity contribution in [3.8, 4) is 0 Å². The van der Waals surface area contributed by atoms with Crippen molar-refractivity contribution in [2.24, 2.45) is 4.99 Å². The summed E-state index contributed by atoms with van der Waals surface area (Å²) in [4.78, 5) is 6.55. The minimum absolute atomic E-state index is 0.411. The van der Waals surface area contributed by atoms with Gasteiger partial charge in [-0.15, -0.1) is 0 Å². The van der Waals surface area contributed by atoms with Crippen LogP contribution in [0.1, 0.15) is 19.4 Å². The molecule has 15 heavy (non-hydrogen) atoms. The molecule has 1 N–H and O–H groups in total. The highest BCUT2D eigenvalue weighted by atomic mass is 32.1. The number of guanidine groups is 1. The van der Waals surface area contributed by atoms with Gasteiger partial charge >= 0.3 is 0 Å². The van der Waals surface area contributed by atoms with Gasteiger partial charge in [0.05, 0.1) is 6.54 Å².